The summed E-state index contributed by atoms with van der Waals surface area (Å²) in [5.74, 6) is 0.562. The zero-order chi connectivity index (χ0) is 11.7. The summed E-state index contributed by atoms with van der Waals surface area (Å²) in [7, 11) is 3.62. The Morgan fingerprint density at radius 1 is 1.38 bits per heavy atom. The van der Waals surface area contributed by atoms with Crippen LogP contribution in [0.3, 0.4) is 0 Å². The van der Waals surface area contributed by atoms with Gasteiger partial charge in [0, 0.05) is 30.2 Å². The molecule has 0 radical (unpaired) electrons. The molecule has 0 amide bonds. The normalized spacial score (nSPS) is 10.5. The van der Waals surface area contributed by atoms with Crippen LogP contribution < -0.4 is 5.32 Å². The lowest BCUT2D eigenvalue weighted by atomic mass is 10.1. The van der Waals surface area contributed by atoms with Crippen molar-refractivity contribution in [3.8, 4) is 11.3 Å². The summed E-state index contributed by atoms with van der Waals surface area (Å²) in [4.78, 5) is 0. The van der Waals surface area contributed by atoms with Gasteiger partial charge >= 0.3 is 0 Å². The van der Waals surface area contributed by atoms with Gasteiger partial charge in [-0.25, -0.2) is 4.39 Å². The van der Waals surface area contributed by atoms with Crippen LogP contribution in [0.25, 0.3) is 11.3 Å². The van der Waals surface area contributed by atoms with E-state index in [0.717, 1.165) is 10.3 Å². The molecule has 1 N–H and O–H groups in total. The minimum Gasteiger partial charge on any atom is -0.373 e. The van der Waals surface area contributed by atoms with Crippen LogP contribution in [0.5, 0.6) is 0 Å². The summed E-state index contributed by atoms with van der Waals surface area (Å²) in [5, 5.41) is 7.23. The van der Waals surface area contributed by atoms with Crippen molar-refractivity contribution in [2.75, 3.05) is 12.4 Å². The van der Waals surface area contributed by atoms with Gasteiger partial charge in [-0.2, -0.15) is 5.10 Å². The van der Waals surface area contributed by atoms with Crippen LogP contribution in [-0.4, -0.2) is 16.8 Å². The molecular formula is C11H11BrFN3. The van der Waals surface area contributed by atoms with Gasteiger partial charge in [-0.15, -0.1) is 0 Å². The molecule has 0 fully saturated rings. The lowest BCUT2D eigenvalue weighted by Gasteiger charge is -1.99. The van der Waals surface area contributed by atoms with Crippen molar-refractivity contribution in [2.45, 2.75) is 0 Å². The van der Waals surface area contributed by atoms with E-state index in [2.05, 4.69) is 26.3 Å². The predicted molar refractivity (Wildman–Crippen MR) is 65.8 cm³/mol. The molecule has 1 aromatic heterocycles. The van der Waals surface area contributed by atoms with Crippen LogP contribution in [0.1, 0.15) is 0 Å². The Bertz CT molecular complexity index is 522. The molecule has 0 aliphatic heterocycles. The maximum atomic E-state index is 13.7. The summed E-state index contributed by atoms with van der Waals surface area (Å²) in [6.45, 7) is 0. The van der Waals surface area contributed by atoms with Crippen LogP contribution in [0.2, 0.25) is 0 Å². The molecule has 1 heterocycles. The Balaban J connectivity index is 2.50. The molecule has 0 bridgehead atoms. The largest absolute Gasteiger partial charge is 0.373 e. The summed E-state index contributed by atoms with van der Waals surface area (Å²) < 4.78 is 16.1. The van der Waals surface area contributed by atoms with E-state index in [4.69, 9.17) is 0 Å². The maximum absolute atomic E-state index is 13.7. The molecule has 5 heteroatoms. The molecule has 0 aliphatic carbocycles. The zero-order valence-electron chi connectivity index (χ0n) is 8.96. The third-order valence-corrected chi connectivity index (χ3v) is 2.84. The Kier molecular flexibility index (Phi) is 2.96. The van der Waals surface area contributed by atoms with Gasteiger partial charge in [0.2, 0.25) is 0 Å². The van der Waals surface area contributed by atoms with Crippen molar-refractivity contribution in [1.82, 2.24) is 9.78 Å². The number of aromatic nitrogens is 2. The minimum absolute atomic E-state index is 0.282. The molecular weight excluding hydrogens is 273 g/mol. The fourth-order valence-corrected chi connectivity index (χ4v) is 1.86. The molecule has 2 aromatic rings. The van der Waals surface area contributed by atoms with Crippen LogP contribution >= 0.6 is 15.9 Å². The fourth-order valence-electron chi connectivity index (χ4n) is 1.53. The molecule has 3 nitrogen and oxygen atoms in total. The van der Waals surface area contributed by atoms with Crippen molar-refractivity contribution >= 4 is 21.7 Å². The van der Waals surface area contributed by atoms with Crippen LogP contribution in [-0.2, 0) is 7.05 Å². The van der Waals surface area contributed by atoms with Crippen molar-refractivity contribution in [1.29, 1.82) is 0 Å². The second-order valence-corrected chi connectivity index (χ2v) is 4.33. The van der Waals surface area contributed by atoms with E-state index >= 15 is 0 Å². The lowest BCUT2D eigenvalue weighted by molar-refractivity contribution is 0.629. The number of halogens is 2. The van der Waals surface area contributed by atoms with Gasteiger partial charge < -0.3 is 5.32 Å². The summed E-state index contributed by atoms with van der Waals surface area (Å²) >= 11 is 3.22. The van der Waals surface area contributed by atoms with Gasteiger partial charge in [0.05, 0.1) is 5.69 Å². The van der Waals surface area contributed by atoms with Crippen molar-refractivity contribution in [2.24, 2.45) is 7.05 Å². The first-order valence-electron chi connectivity index (χ1n) is 4.79. The van der Waals surface area contributed by atoms with E-state index in [0.29, 0.717) is 11.3 Å². The molecule has 0 atom stereocenters. The number of nitrogens with zero attached hydrogens (tertiary/aromatic N) is 2. The number of hydrogen-bond acceptors (Lipinski definition) is 2. The molecule has 0 saturated heterocycles. The predicted octanol–water partition coefficient (Wildman–Crippen LogP) is 3.03. The first-order valence-corrected chi connectivity index (χ1v) is 5.58. The van der Waals surface area contributed by atoms with Crippen molar-refractivity contribution in [3.05, 3.63) is 34.6 Å². The molecule has 84 valence electrons. The average Bonchev–Trinajstić information content (AvgIpc) is 2.59. The maximum Gasteiger partial charge on any atom is 0.133 e. The Hall–Kier alpha value is -1.36. The van der Waals surface area contributed by atoms with Gasteiger partial charge in [0.1, 0.15) is 11.6 Å². The number of nitrogens with one attached hydrogen (secondary N) is 1. The van der Waals surface area contributed by atoms with Crippen molar-refractivity contribution in [3.63, 3.8) is 0 Å². The first kappa shape index (κ1) is 11.1. The highest BCUT2D eigenvalue weighted by molar-refractivity contribution is 9.10. The molecule has 0 spiro atoms. The summed E-state index contributed by atoms with van der Waals surface area (Å²) in [6.07, 6.45) is 0. The van der Waals surface area contributed by atoms with Gasteiger partial charge in [-0.05, 0) is 18.2 Å². The Labute approximate surface area is 101 Å². The smallest absolute Gasteiger partial charge is 0.133 e. The highest BCUT2D eigenvalue weighted by atomic mass is 79.9. The number of benzene rings is 1. The minimum atomic E-state index is -0.282. The lowest BCUT2D eigenvalue weighted by Crippen LogP contribution is -1.97. The molecule has 16 heavy (non-hydrogen) atoms. The van der Waals surface area contributed by atoms with Crippen LogP contribution in [0.4, 0.5) is 10.2 Å². The molecule has 1 aromatic carbocycles. The highest BCUT2D eigenvalue weighted by Crippen LogP contribution is 2.26. The Morgan fingerprint density at radius 3 is 2.69 bits per heavy atom. The third-order valence-electron chi connectivity index (χ3n) is 2.34. The summed E-state index contributed by atoms with van der Waals surface area (Å²) in [5.41, 5.74) is 1.12. The number of anilines is 1. The highest BCUT2D eigenvalue weighted by Gasteiger charge is 2.10. The van der Waals surface area contributed by atoms with E-state index in [1.807, 2.05) is 13.1 Å². The SMILES string of the molecule is CNc1cc(-c2ccc(Br)cc2F)nn1C. The van der Waals surface area contributed by atoms with Gasteiger partial charge in [0.15, 0.2) is 0 Å². The fraction of sp³-hybridized carbons (Fsp3) is 0.182. The zero-order valence-corrected chi connectivity index (χ0v) is 10.5. The van der Waals surface area contributed by atoms with Gasteiger partial charge in [-0.3, -0.25) is 4.68 Å². The summed E-state index contributed by atoms with van der Waals surface area (Å²) in [6, 6.07) is 6.75. The van der Waals surface area contributed by atoms with Gasteiger partial charge in [0.25, 0.3) is 0 Å². The average molecular weight is 284 g/mol. The standard InChI is InChI=1S/C11H11BrFN3/c1-14-11-6-10(15-16(11)2)8-4-3-7(12)5-9(8)13/h3-6,14H,1-2H3. The van der Waals surface area contributed by atoms with Crippen LogP contribution in [0.15, 0.2) is 28.7 Å². The second kappa shape index (κ2) is 4.25. The van der Waals surface area contributed by atoms with E-state index in [-0.39, 0.29) is 5.82 Å². The van der Waals surface area contributed by atoms with E-state index in [1.54, 1.807) is 23.9 Å². The topological polar surface area (TPSA) is 29.9 Å². The van der Waals surface area contributed by atoms with E-state index < -0.39 is 0 Å². The number of rotatable bonds is 2. The molecule has 0 saturated carbocycles. The van der Waals surface area contributed by atoms with Gasteiger partial charge in [-0.1, -0.05) is 15.9 Å². The third kappa shape index (κ3) is 1.95. The number of hydrogen-bond donors (Lipinski definition) is 1. The monoisotopic (exact) mass is 283 g/mol. The quantitative estimate of drug-likeness (QED) is 0.918. The van der Waals surface area contributed by atoms with Crippen molar-refractivity contribution < 1.29 is 4.39 Å². The number of aryl methyl sites for hydroxylation is 1. The first-order chi connectivity index (χ1) is 7.61. The second-order valence-electron chi connectivity index (χ2n) is 3.41. The molecule has 0 aliphatic rings. The molecule has 2 rings (SSSR count). The molecule has 0 unspecified atom stereocenters. The van der Waals surface area contributed by atoms with E-state index in [1.165, 1.54) is 6.07 Å². The van der Waals surface area contributed by atoms with E-state index in [9.17, 15) is 4.39 Å². The Morgan fingerprint density at radius 2 is 2.12 bits per heavy atom. The van der Waals surface area contributed by atoms with Crippen LogP contribution in [0, 0.1) is 5.82 Å².